The van der Waals surface area contributed by atoms with Crippen molar-refractivity contribution >= 4 is 23.2 Å². The Labute approximate surface area is 124 Å². The van der Waals surface area contributed by atoms with Crippen molar-refractivity contribution in [1.29, 1.82) is 0 Å². The standard InChI is InChI=1S/C15H21N3O3/c1-3-13(19)17-11-5-4-10(2)12(8-11)18-14(20)15(16)6-7-21-9-15/h4-5,8H,3,6-7,9,16H2,1-2H3,(H,17,19)(H,18,20). The molecule has 0 aliphatic carbocycles. The number of carbonyl (C=O) groups is 2. The van der Waals surface area contributed by atoms with E-state index in [4.69, 9.17) is 10.5 Å². The van der Waals surface area contributed by atoms with Gasteiger partial charge in [0.2, 0.25) is 11.8 Å². The van der Waals surface area contributed by atoms with E-state index in [2.05, 4.69) is 10.6 Å². The number of rotatable bonds is 4. The molecule has 6 heteroatoms. The number of hydrogen-bond donors (Lipinski definition) is 3. The first kappa shape index (κ1) is 15.5. The SMILES string of the molecule is CCC(=O)Nc1ccc(C)c(NC(=O)C2(N)CCOC2)c1. The molecule has 6 nitrogen and oxygen atoms in total. The predicted molar refractivity (Wildman–Crippen MR) is 81.1 cm³/mol. The van der Waals surface area contributed by atoms with Gasteiger partial charge in [0.05, 0.1) is 6.61 Å². The topological polar surface area (TPSA) is 93.5 Å². The minimum atomic E-state index is -0.977. The highest BCUT2D eigenvalue weighted by Gasteiger charge is 2.38. The maximum atomic E-state index is 12.3. The van der Waals surface area contributed by atoms with Crippen LogP contribution in [0.5, 0.6) is 0 Å². The summed E-state index contributed by atoms with van der Waals surface area (Å²) in [5.74, 6) is -0.335. The Hall–Kier alpha value is -1.92. The molecule has 1 atom stereocenters. The summed E-state index contributed by atoms with van der Waals surface area (Å²) in [6.45, 7) is 4.39. The Morgan fingerprint density at radius 3 is 2.76 bits per heavy atom. The van der Waals surface area contributed by atoms with Crippen molar-refractivity contribution in [3.63, 3.8) is 0 Å². The third kappa shape index (κ3) is 3.59. The van der Waals surface area contributed by atoms with Crippen LogP contribution in [0, 0.1) is 6.92 Å². The van der Waals surface area contributed by atoms with E-state index in [1.54, 1.807) is 19.1 Å². The minimum Gasteiger partial charge on any atom is -0.379 e. The normalized spacial score (nSPS) is 21.1. The quantitative estimate of drug-likeness (QED) is 0.781. The Morgan fingerprint density at radius 1 is 1.38 bits per heavy atom. The minimum absolute atomic E-state index is 0.0735. The van der Waals surface area contributed by atoms with Crippen LogP contribution in [0.3, 0.4) is 0 Å². The zero-order valence-corrected chi connectivity index (χ0v) is 12.4. The molecular weight excluding hydrogens is 270 g/mol. The highest BCUT2D eigenvalue weighted by Crippen LogP contribution is 2.23. The van der Waals surface area contributed by atoms with E-state index < -0.39 is 5.54 Å². The predicted octanol–water partition coefficient (Wildman–Crippen LogP) is 1.40. The van der Waals surface area contributed by atoms with Gasteiger partial charge in [0.1, 0.15) is 5.54 Å². The summed E-state index contributed by atoms with van der Waals surface area (Å²) in [5.41, 5.74) is 7.25. The summed E-state index contributed by atoms with van der Waals surface area (Å²) >= 11 is 0. The average Bonchev–Trinajstić information content (AvgIpc) is 2.90. The molecule has 0 aromatic heterocycles. The lowest BCUT2D eigenvalue weighted by Gasteiger charge is -2.21. The Balaban J connectivity index is 2.13. The van der Waals surface area contributed by atoms with E-state index in [-0.39, 0.29) is 18.4 Å². The van der Waals surface area contributed by atoms with E-state index in [0.717, 1.165) is 5.56 Å². The second kappa shape index (κ2) is 6.24. The highest BCUT2D eigenvalue weighted by molar-refractivity contribution is 5.99. The molecule has 0 spiro atoms. The van der Waals surface area contributed by atoms with E-state index in [9.17, 15) is 9.59 Å². The van der Waals surface area contributed by atoms with E-state index >= 15 is 0 Å². The van der Waals surface area contributed by atoms with Crippen molar-refractivity contribution in [3.05, 3.63) is 23.8 Å². The molecule has 1 heterocycles. The van der Waals surface area contributed by atoms with Crippen LogP contribution in [-0.2, 0) is 14.3 Å². The number of benzene rings is 1. The van der Waals surface area contributed by atoms with Crippen LogP contribution >= 0.6 is 0 Å². The molecule has 1 saturated heterocycles. The average molecular weight is 291 g/mol. The van der Waals surface area contributed by atoms with Crippen LogP contribution in [0.1, 0.15) is 25.3 Å². The molecule has 2 rings (SSSR count). The second-order valence-corrected chi connectivity index (χ2v) is 5.34. The second-order valence-electron chi connectivity index (χ2n) is 5.34. The zero-order chi connectivity index (χ0) is 15.5. The smallest absolute Gasteiger partial charge is 0.246 e. The molecule has 1 aliphatic rings. The van der Waals surface area contributed by atoms with Gasteiger partial charge in [0.25, 0.3) is 0 Å². The van der Waals surface area contributed by atoms with E-state index in [1.807, 2.05) is 13.0 Å². The van der Waals surface area contributed by atoms with Gasteiger partial charge in [-0.2, -0.15) is 0 Å². The summed E-state index contributed by atoms with van der Waals surface area (Å²) in [4.78, 5) is 23.7. The summed E-state index contributed by atoms with van der Waals surface area (Å²) in [7, 11) is 0. The lowest BCUT2D eigenvalue weighted by Crippen LogP contribution is -2.51. The molecule has 2 amide bonds. The molecule has 0 radical (unpaired) electrons. The van der Waals surface area contributed by atoms with Crippen molar-refractivity contribution in [2.45, 2.75) is 32.2 Å². The van der Waals surface area contributed by atoms with Gasteiger partial charge in [0, 0.05) is 24.4 Å². The number of aryl methyl sites for hydroxylation is 1. The maximum Gasteiger partial charge on any atom is 0.246 e. The Morgan fingerprint density at radius 2 is 2.14 bits per heavy atom. The largest absolute Gasteiger partial charge is 0.379 e. The molecule has 1 aromatic rings. The van der Waals surface area contributed by atoms with Crippen molar-refractivity contribution in [2.75, 3.05) is 23.8 Å². The van der Waals surface area contributed by atoms with Gasteiger partial charge < -0.3 is 21.1 Å². The fraction of sp³-hybridized carbons (Fsp3) is 0.467. The van der Waals surface area contributed by atoms with Crippen molar-refractivity contribution in [1.82, 2.24) is 0 Å². The number of nitrogens with one attached hydrogen (secondary N) is 2. The van der Waals surface area contributed by atoms with Crippen molar-refractivity contribution in [3.8, 4) is 0 Å². The fourth-order valence-corrected chi connectivity index (χ4v) is 2.09. The van der Waals surface area contributed by atoms with Crippen molar-refractivity contribution < 1.29 is 14.3 Å². The van der Waals surface area contributed by atoms with E-state index in [1.165, 1.54) is 0 Å². The highest BCUT2D eigenvalue weighted by atomic mass is 16.5. The molecule has 21 heavy (non-hydrogen) atoms. The van der Waals surface area contributed by atoms with Gasteiger partial charge in [-0.3, -0.25) is 9.59 Å². The summed E-state index contributed by atoms with van der Waals surface area (Å²) in [6, 6.07) is 5.38. The number of carbonyl (C=O) groups excluding carboxylic acids is 2. The van der Waals surface area contributed by atoms with Gasteiger partial charge in [-0.15, -0.1) is 0 Å². The van der Waals surface area contributed by atoms with Gasteiger partial charge >= 0.3 is 0 Å². The van der Waals surface area contributed by atoms with Gasteiger partial charge in [-0.1, -0.05) is 13.0 Å². The van der Waals surface area contributed by atoms with Gasteiger partial charge in [0.15, 0.2) is 0 Å². The molecular formula is C15H21N3O3. The molecule has 114 valence electrons. The van der Waals surface area contributed by atoms with E-state index in [0.29, 0.717) is 30.8 Å². The number of anilines is 2. The summed E-state index contributed by atoms with van der Waals surface area (Å²) in [6.07, 6.45) is 0.906. The molecule has 4 N–H and O–H groups in total. The monoisotopic (exact) mass is 291 g/mol. The van der Waals surface area contributed by atoms with Crippen LogP contribution < -0.4 is 16.4 Å². The van der Waals surface area contributed by atoms with Gasteiger partial charge in [-0.25, -0.2) is 0 Å². The molecule has 1 unspecified atom stereocenters. The number of hydrogen-bond acceptors (Lipinski definition) is 4. The summed E-state index contributed by atoms with van der Waals surface area (Å²) < 4.78 is 5.20. The third-order valence-corrected chi connectivity index (χ3v) is 3.59. The molecule has 0 bridgehead atoms. The van der Waals surface area contributed by atoms with Gasteiger partial charge in [-0.05, 0) is 31.0 Å². The first-order valence-corrected chi connectivity index (χ1v) is 7.03. The zero-order valence-electron chi connectivity index (χ0n) is 12.4. The Bertz CT molecular complexity index is 551. The first-order chi connectivity index (χ1) is 9.94. The molecule has 1 aromatic carbocycles. The lowest BCUT2D eigenvalue weighted by atomic mass is 9.99. The Kier molecular flexibility index (Phi) is 4.59. The number of ether oxygens (including phenoxy) is 1. The third-order valence-electron chi connectivity index (χ3n) is 3.59. The fourth-order valence-electron chi connectivity index (χ4n) is 2.09. The van der Waals surface area contributed by atoms with Crippen LogP contribution in [0.15, 0.2) is 18.2 Å². The number of amides is 2. The van der Waals surface area contributed by atoms with Crippen LogP contribution in [0.2, 0.25) is 0 Å². The van der Waals surface area contributed by atoms with Crippen LogP contribution in [0.25, 0.3) is 0 Å². The first-order valence-electron chi connectivity index (χ1n) is 7.03. The maximum absolute atomic E-state index is 12.3. The van der Waals surface area contributed by atoms with Crippen molar-refractivity contribution in [2.24, 2.45) is 5.73 Å². The molecule has 0 saturated carbocycles. The lowest BCUT2D eigenvalue weighted by molar-refractivity contribution is -0.121. The molecule has 1 fully saturated rings. The van der Waals surface area contributed by atoms with Crippen LogP contribution in [0.4, 0.5) is 11.4 Å². The number of nitrogens with two attached hydrogens (primary N) is 1. The van der Waals surface area contributed by atoms with Crippen LogP contribution in [-0.4, -0.2) is 30.6 Å². The summed E-state index contributed by atoms with van der Waals surface area (Å²) in [5, 5.41) is 5.59. The molecule has 1 aliphatic heterocycles.